The fraction of sp³-hybridized carbons (Fsp3) is 0.375. The van der Waals surface area contributed by atoms with E-state index in [1.54, 1.807) is 23.3 Å². The number of nitrogens with zero attached hydrogens (tertiary/aromatic N) is 4. The topological polar surface area (TPSA) is 105 Å². The zero-order chi connectivity index (χ0) is 17.6. The second kappa shape index (κ2) is 7.75. The first kappa shape index (κ1) is 16.9. The van der Waals surface area contributed by atoms with Gasteiger partial charge in [-0.25, -0.2) is 4.79 Å². The van der Waals surface area contributed by atoms with E-state index < -0.39 is 4.92 Å². The lowest BCUT2D eigenvalue weighted by Gasteiger charge is -2.34. The van der Waals surface area contributed by atoms with Gasteiger partial charge in [-0.1, -0.05) is 17.3 Å². The lowest BCUT2D eigenvalue weighted by molar-refractivity contribution is -0.384. The highest BCUT2D eigenvalue weighted by atomic mass is 16.6. The number of carbonyl (C=O) groups is 1. The molecule has 2 heterocycles. The molecule has 0 unspecified atom stereocenters. The van der Waals surface area contributed by atoms with Crippen LogP contribution >= 0.6 is 0 Å². The van der Waals surface area contributed by atoms with E-state index in [9.17, 15) is 14.9 Å². The molecule has 0 bridgehead atoms. The van der Waals surface area contributed by atoms with Crippen molar-refractivity contribution in [2.45, 2.75) is 13.1 Å². The summed E-state index contributed by atoms with van der Waals surface area (Å²) >= 11 is 0. The number of carbonyl (C=O) groups excluding carboxylic acids is 1. The van der Waals surface area contributed by atoms with Gasteiger partial charge in [0, 0.05) is 57.5 Å². The van der Waals surface area contributed by atoms with Gasteiger partial charge in [0.1, 0.15) is 6.26 Å². The maximum atomic E-state index is 12.2. The third kappa shape index (κ3) is 4.54. The van der Waals surface area contributed by atoms with Gasteiger partial charge in [0.15, 0.2) is 0 Å². The van der Waals surface area contributed by atoms with Crippen molar-refractivity contribution in [3.05, 3.63) is 58.0 Å². The Morgan fingerprint density at radius 3 is 2.76 bits per heavy atom. The highest BCUT2D eigenvalue weighted by Crippen LogP contribution is 2.13. The van der Waals surface area contributed by atoms with E-state index in [-0.39, 0.29) is 18.3 Å². The molecule has 1 saturated heterocycles. The second-order valence-corrected chi connectivity index (χ2v) is 5.84. The first-order valence-electron chi connectivity index (χ1n) is 7.99. The van der Waals surface area contributed by atoms with E-state index in [1.807, 2.05) is 6.07 Å². The molecule has 2 amide bonds. The number of amides is 2. The molecule has 1 aromatic heterocycles. The number of nitro groups is 1. The molecule has 1 aliphatic heterocycles. The summed E-state index contributed by atoms with van der Waals surface area (Å²) in [6, 6.07) is 7.94. The van der Waals surface area contributed by atoms with Gasteiger partial charge in [0.2, 0.25) is 0 Å². The Labute approximate surface area is 144 Å². The van der Waals surface area contributed by atoms with Crippen molar-refractivity contribution in [1.29, 1.82) is 0 Å². The molecule has 132 valence electrons. The average Bonchev–Trinajstić information content (AvgIpc) is 3.13. The molecule has 0 atom stereocenters. The van der Waals surface area contributed by atoms with Crippen molar-refractivity contribution in [3.8, 4) is 0 Å². The number of hydrogen-bond donors (Lipinski definition) is 1. The predicted octanol–water partition coefficient (Wildman–Crippen LogP) is 1.61. The molecule has 9 nitrogen and oxygen atoms in total. The number of hydrogen-bond acceptors (Lipinski definition) is 6. The van der Waals surface area contributed by atoms with E-state index in [0.717, 1.165) is 18.8 Å². The predicted molar refractivity (Wildman–Crippen MR) is 88.7 cm³/mol. The van der Waals surface area contributed by atoms with Crippen LogP contribution in [0.25, 0.3) is 0 Å². The van der Waals surface area contributed by atoms with Crippen LogP contribution in [0.15, 0.2) is 41.1 Å². The molecule has 25 heavy (non-hydrogen) atoms. The smallest absolute Gasteiger partial charge is 0.317 e. The van der Waals surface area contributed by atoms with E-state index in [4.69, 9.17) is 4.52 Å². The normalized spacial score (nSPS) is 15.1. The maximum absolute atomic E-state index is 12.2. The van der Waals surface area contributed by atoms with E-state index in [1.165, 1.54) is 12.1 Å². The molecule has 0 spiro atoms. The molecule has 1 aromatic carbocycles. The first-order valence-corrected chi connectivity index (χ1v) is 7.99. The Morgan fingerprint density at radius 1 is 1.28 bits per heavy atom. The van der Waals surface area contributed by atoms with Crippen LogP contribution in [0, 0.1) is 10.1 Å². The quantitative estimate of drug-likeness (QED) is 0.652. The molecular formula is C16H19N5O4. The molecule has 1 aliphatic rings. The van der Waals surface area contributed by atoms with Gasteiger partial charge in [0.25, 0.3) is 5.69 Å². The standard InChI is InChI=1S/C16H19N5O4/c22-16(17-11-13-2-1-3-15(10-13)21(23)24)20-7-5-19(6-8-20)12-14-4-9-25-18-14/h1-4,9-10H,5-8,11-12H2,(H,17,22). The largest absolute Gasteiger partial charge is 0.364 e. The van der Waals surface area contributed by atoms with Gasteiger partial charge in [0.05, 0.1) is 10.6 Å². The molecule has 0 saturated carbocycles. The molecule has 1 N–H and O–H groups in total. The number of benzene rings is 1. The molecule has 9 heteroatoms. The third-order valence-corrected chi connectivity index (χ3v) is 4.10. The van der Waals surface area contributed by atoms with E-state index >= 15 is 0 Å². The van der Waals surface area contributed by atoms with Gasteiger partial charge >= 0.3 is 6.03 Å². The number of non-ortho nitro benzene ring substituents is 1. The van der Waals surface area contributed by atoms with Crippen LogP contribution in [-0.2, 0) is 13.1 Å². The summed E-state index contributed by atoms with van der Waals surface area (Å²) in [4.78, 5) is 26.5. The Morgan fingerprint density at radius 2 is 2.08 bits per heavy atom. The SMILES string of the molecule is O=C(NCc1cccc([N+](=O)[O-])c1)N1CCN(Cc2ccon2)CC1. The van der Waals surface area contributed by atoms with Crippen molar-refractivity contribution >= 4 is 11.7 Å². The van der Waals surface area contributed by atoms with Gasteiger partial charge in [-0.3, -0.25) is 15.0 Å². The van der Waals surface area contributed by atoms with Gasteiger partial charge in [-0.15, -0.1) is 0 Å². The van der Waals surface area contributed by atoms with E-state index in [2.05, 4.69) is 15.4 Å². The number of nitrogens with one attached hydrogen (secondary N) is 1. The summed E-state index contributed by atoms with van der Waals surface area (Å²) in [5, 5.41) is 17.5. The van der Waals surface area contributed by atoms with Crippen molar-refractivity contribution in [2.75, 3.05) is 26.2 Å². The third-order valence-electron chi connectivity index (χ3n) is 4.10. The highest BCUT2D eigenvalue weighted by molar-refractivity contribution is 5.74. The Hall–Kier alpha value is -2.94. The summed E-state index contributed by atoms with van der Waals surface area (Å²) in [6.07, 6.45) is 1.55. The Bertz CT molecular complexity index is 726. The number of rotatable bonds is 5. The number of piperazine rings is 1. The fourth-order valence-corrected chi connectivity index (χ4v) is 2.73. The Kier molecular flexibility index (Phi) is 5.24. The zero-order valence-electron chi connectivity index (χ0n) is 13.6. The zero-order valence-corrected chi connectivity index (χ0v) is 13.6. The van der Waals surface area contributed by atoms with Gasteiger partial charge < -0.3 is 14.7 Å². The molecule has 1 fully saturated rings. The minimum atomic E-state index is -0.445. The lowest BCUT2D eigenvalue weighted by atomic mass is 10.2. The van der Waals surface area contributed by atoms with Crippen LogP contribution in [-0.4, -0.2) is 52.1 Å². The monoisotopic (exact) mass is 345 g/mol. The molecule has 0 aliphatic carbocycles. The van der Waals surface area contributed by atoms with Crippen molar-refractivity contribution in [1.82, 2.24) is 20.3 Å². The van der Waals surface area contributed by atoms with Gasteiger partial charge in [-0.05, 0) is 5.56 Å². The molecule has 2 aromatic rings. The fourth-order valence-electron chi connectivity index (χ4n) is 2.73. The maximum Gasteiger partial charge on any atom is 0.317 e. The van der Waals surface area contributed by atoms with Gasteiger partial charge in [-0.2, -0.15) is 0 Å². The number of urea groups is 1. The van der Waals surface area contributed by atoms with Crippen molar-refractivity contribution in [2.24, 2.45) is 0 Å². The summed E-state index contributed by atoms with van der Waals surface area (Å²) in [7, 11) is 0. The highest BCUT2D eigenvalue weighted by Gasteiger charge is 2.21. The Balaban J connectivity index is 1.45. The first-order chi connectivity index (χ1) is 12.1. The average molecular weight is 345 g/mol. The van der Waals surface area contributed by atoms with Crippen LogP contribution < -0.4 is 5.32 Å². The second-order valence-electron chi connectivity index (χ2n) is 5.84. The van der Waals surface area contributed by atoms with Crippen molar-refractivity contribution < 1.29 is 14.2 Å². The number of nitro benzene ring substituents is 1. The van der Waals surface area contributed by atoms with Crippen LogP contribution in [0.5, 0.6) is 0 Å². The van der Waals surface area contributed by atoms with Crippen LogP contribution in [0.4, 0.5) is 10.5 Å². The molecular weight excluding hydrogens is 326 g/mol. The minimum absolute atomic E-state index is 0.0215. The minimum Gasteiger partial charge on any atom is -0.364 e. The van der Waals surface area contributed by atoms with Crippen LogP contribution in [0.2, 0.25) is 0 Å². The molecule has 0 radical (unpaired) electrons. The van der Waals surface area contributed by atoms with Crippen LogP contribution in [0.1, 0.15) is 11.3 Å². The number of aromatic nitrogens is 1. The summed E-state index contributed by atoms with van der Waals surface area (Å²) in [6.45, 7) is 3.74. The van der Waals surface area contributed by atoms with Crippen molar-refractivity contribution in [3.63, 3.8) is 0 Å². The molecule has 3 rings (SSSR count). The summed E-state index contributed by atoms with van der Waals surface area (Å²) in [5.41, 5.74) is 1.60. The summed E-state index contributed by atoms with van der Waals surface area (Å²) < 4.78 is 4.82. The summed E-state index contributed by atoms with van der Waals surface area (Å²) in [5.74, 6) is 0. The lowest BCUT2D eigenvalue weighted by Crippen LogP contribution is -2.51. The van der Waals surface area contributed by atoms with E-state index in [0.29, 0.717) is 25.2 Å². The van der Waals surface area contributed by atoms with Crippen LogP contribution in [0.3, 0.4) is 0 Å².